The summed E-state index contributed by atoms with van der Waals surface area (Å²) in [6.45, 7) is 3.11. The average Bonchev–Trinajstić information content (AvgIpc) is 2.51. The monoisotopic (exact) mass is 289 g/mol. The number of esters is 1. The number of nitriles is 1. The Balaban J connectivity index is 2.69. The number of hydrogen-bond donors (Lipinski definition) is 0. The highest BCUT2D eigenvalue weighted by Crippen LogP contribution is 2.15. The molecular formula is C16H19NO4. The molecule has 1 aromatic carbocycles. The number of nitrogens with zero attached hydrogens (tertiary/aromatic N) is 1. The fraction of sp³-hybridized carbons (Fsp3) is 0.375. The SMILES string of the molecule is CCCOc1ccc(/C=C(/C#N)C(=O)OCCOC)cc1. The number of hydrogen-bond acceptors (Lipinski definition) is 5. The van der Waals surface area contributed by atoms with Gasteiger partial charge in [-0.2, -0.15) is 5.26 Å². The molecule has 0 N–H and O–H groups in total. The molecule has 0 atom stereocenters. The Hall–Kier alpha value is -2.32. The van der Waals surface area contributed by atoms with Gasteiger partial charge in [0.15, 0.2) is 0 Å². The minimum Gasteiger partial charge on any atom is -0.494 e. The van der Waals surface area contributed by atoms with E-state index >= 15 is 0 Å². The zero-order valence-corrected chi connectivity index (χ0v) is 12.3. The highest BCUT2D eigenvalue weighted by atomic mass is 16.6. The second-order valence-electron chi connectivity index (χ2n) is 4.22. The van der Waals surface area contributed by atoms with Crippen molar-refractivity contribution in [3.8, 4) is 11.8 Å². The van der Waals surface area contributed by atoms with E-state index in [-0.39, 0.29) is 12.2 Å². The van der Waals surface area contributed by atoms with Crippen molar-refractivity contribution >= 4 is 12.0 Å². The van der Waals surface area contributed by atoms with Crippen LogP contribution in [0.25, 0.3) is 6.08 Å². The molecule has 0 spiro atoms. The van der Waals surface area contributed by atoms with Crippen LogP contribution in [0.4, 0.5) is 0 Å². The summed E-state index contributed by atoms with van der Waals surface area (Å²) < 4.78 is 15.1. The maximum atomic E-state index is 11.7. The number of benzene rings is 1. The second-order valence-corrected chi connectivity index (χ2v) is 4.22. The lowest BCUT2D eigenvalue weighted by atomic mass is 10.1. The number of carbonyl (C=O) groups excluding carboxylic acids is 1. The van der Waals surface area contributed by atoms with E-state index in [0.29, 0.717) is 13.2 Å². The summed E-state index contributed by atoms with van der Waals surface area (Å²) in [5, 5.41) is 9.01. The molecule has 0 amide bonds. The molecule has 0 radical (unpaired) electrons. The molecule has 0 aliphatic rings. The quantitative estimate of drug-likeness (QED) is 0.318. The standard InChI is InChI=1S/C16H19NO4/c1-3-8-20-15-6-4-13(5-7-15)11-14(12-17)16(18)21-10-9-19-2/h4-7,11H,3,8-10H2,1-2H3/b14-11-. The maximum Gasteiger partial charge on any atom is 0.348 e. The minimum absolute atomic E-state index is 0.0478. The van der Waals surface area contributed by atoms with E-state index in [2.05, 4.69) is 0 Å². The molecule has 1 aromatic rings. The lowest BCUT2D eigenvalue weighted by Gasteiger charge is -2.05. The van der Waals surface area contributed by atoms with Gasteiger partial charge in [-0.25, -0.2) is 4.79 Å². The molecule has 0 fully saturated rings. The molecular weight excluding hydrogens is 270 g/mol. The van der Waals surface area contributed by atoms with Gasteiger partial charge in [-0.15, -0.1) is 0 Å². The third-order valence-electron chi connectivity index (χ3n) is 2.52. The normalized spacial score (nSPS) is 10.8. The van der Waals surface area contributed by atoms with Gasteiger partial charge in [-0.05, 0) is 30.2 Å². The van der Waals surface area contributed by atoms with E-state index < -0.39 is 5.97 Å². The summed E-state index contributed by atoms with van der Waals surface area (Å²) in [4.78, 5) is 11.7. The van der Waals surface area contributed by atoms with Crippen LogP contribution in [0.15, 0.2) is 29.8 Å². The van der Waals surface area contributed by atoms with E-state index in [1.165, 1.54) is 13.2 Å². The smallest absolute Gasteiger partial charge is 0.348 e. The van der Waals surface area contributed by atoms with Crippen LogP contribution in [-0.4, -0.2) is 32.9 Å². The van der Waals surface area contributed by atoms with Gasteiger partial charge in [0, 0.05) is 7.11 Å². The number of rotatable bonds is 8. The molecule has 5 nitrogen and oxygen atoms in total. The first-order chi connectivity index (χ1) is 10.2. The van der Waals surface area contributed by atoms with Gasteiger partial charge in [0.05, 0.1) is 13.2 Å². The first-order valence-corrected chi connectivity index (χ1v) is 6.72. The van der Waals surface area contributed by atoms with Gasteiger partial charge in [0.1, 0.15) is 24.0 Å². The van der Waals surface area contributed by atoms with E-state index in [4.69, 9.17) is 19.5 Å². The predicted molar refractivity (Wildman–Crippen MR) is 78.7 cm³/mol. The summed E-state index contributed by atoms with van der Waals surface area (Å²) in [5.74, 6) is 0.107. The van der Waals surface area contributed by atoms with E-state index in [9.17, 15) is 4.79 Å². The third kappa shape index (κ3) is 6.11. The van der Waals surface area contributed by atoms with Crippen molar-refractivity contribution in [1.29, 1.82) is 5.26 Å². The first kappa shape index (κ1) is 16.7. The van der Waals surface area contributed by atoms with Crippen molar-refractivity contribution in [2.75, 3.05) is 26.9 Å². The topological polar surface area (TPSA) is 68.5 Å². The minimum atomic E-state index is -0.652. The van der Waals surface area contributed by atoms with Crippen LogP contribution in [0, 0.1) is 11.3 Å². The fourth-order valence-corrected chi connectivity index (χ4v) is 1.48. The molecule has 0 aromatic heterocycles. The van der Waals surface area contributed by atoms with Gasteiger partial charge in [-0.1, -0.05) is 19.1 Å². The Morgan fingerprint density at radius 2 is 1.95 bits per heavy atom. The average molecular weight is 289 g/mol. The van der Waals surface area contributed by atoms with Crippen LogP contribution in [0.2, 0.25) is 0 Å². The van der Waals surface area contributed by atoms with Crippen LogP contribution in [0.3, 0.4) is 0 Å². The Morgan fingerprint density at radius 3 is 2.52 bits per heavy atom. The number of methoxy groups -OCH3 is 1. The van der Waals surface area contributed by atoms with Crippen LogP contribution in [-0.2, 0) is 14.3 Å². The van der Waals surface area contributed by atoms with E-state index in [0.717, 1.165) is 17.7 Å². The zero-order valence-electron chi connectivity index (χ0n) is 12.3. The van der Waals surface area contributed by atoms with Crippen molar-refractivity contribution in [2.24, 2.45) is 0 Å². The summed E-state index contributed by atoms with van der Waals surface area (Å²) in [6, 6.07) is 9.00. The third-order valence-corrected chi connectivity index (χ3v) is 2.52. The summed E-state index contributed by atoms with van der Waals surface area (Å²) >= 11 is 0. The van der Waals surface area contributed by atoms with Crippen molar-refractivity contribution in [3.63, 3.8) is 0 Å². The van der Waals surface area contributed by atoms with Crippen molar-refractivity contribution in [3.05, 3.63) is 35.4 Å². The molecule has 0 saturated carbocycles. The number of carbonyl (C=O) groups is 1. The van der Waals surface area contributed by atoms with Crippen molar-refractivity contribution < 1.29 is 19.0 Å². The Morgan fingerprint density at radius 1 is 1.24 bits per heavy atom. The van der Waals surface area contributed by atoms with Crippen LogP contribution < -0.4 is 4.74 Å². The molecule has 0 unspecified atom stereocenters. The Labute approximate surface area is 124 Å². The van der Waals surface area contributed by atoms with E-state index in [1.54, 1.807) is 24.3 Å². The highest BCUT2D eigenvalue weighted by Gasteiger charge is 2.10. The lowest BCUT2D eigenvalue weighted by Crippen LogP contribution is -2.11. The molecule has 112 valence electrons. The lowest BCUT2D eigenvalue weighted by molar-refractivity contribution is -0.139. The summed E-state index contributed by atoms with van der Waals surface area (Å²) in [7, 11) is 1.51. The van der Waals surface area contributed by atoms with Gasteiger partial charge in [-0.3, -0.25) is 0 Å². The van der Waals surface area contributed by atoms with Crippen LogP contribution in [0.5, 0.6) is 5.75 Å². The molecule has 0 aliphatic carbocycles. The second kappa shape index (κ2) is 9.56. The Kier molecular flexibility index (Phi) is 7.62. The molecule has 0 heterocycles. The maximum absolute atomic E-state index is 11.7. The molecule has 21 heavy (non-hydrogen) atoms. The molecule has 0 aliphatic heterocycles. The fourth-order valence-electron chi connectivity index (χ4n) is 1.48. The highest BCUT2D eigenvalue weighted by molar-refractivity contribution is 5.97. The predicted octanol–water partition coefficient (Wildman–Crippen LogP) is 2.57. The largest absolute Gasteiger partial charge is 0.494 e. The zero-order chi connectivity index (χ0) is 15.5. The molecule has 1 rings (SSSR count). The van der Waals surface area contributed by atoms with Crippen molar-refractivity contribution in [2.45, 2.75) is 13.3 Å². The van der Waals surface area contributed by atoms with Crippen molar-refractivity contribution in [1.82, 2.24) is 0 Å². The van der Waals surface area contributed by atoms with E-state index in [1.807, 2.05) is 13.0 Å². The molecule has 0 bridgehead atoms. The first-order valence-electron chi connectivity index (χ1n) is 6.72. The van der Waals surface area contributed by atoms with Crippen LogP contribution in [0.1, 0.15) is 18.9 Å². The van der Waals surface area contributed by atoms with Gasteiger partial charge >= 0.3 is 5.97 Å². The molecule has 5 heteroatoms. The Bertz CT molecular complexity index is 514. The van der Waals surface area contributed by atoms with Gasteiger partial charge in [0.2, 0.25) is 0 Å². The number of ether oxygens (including phenoxy) is 3. The van der Waals surface area contributed by atoms with Gasteiger partial charge in [0.25, 0.3) is 0 Å². The molecule has 0 saturated heterocycles. The summed E-state index contributed by atoms with van der Waals surface area (Å²) in [6.07, 6.45) is 2.42. The van der Waals surface area contributed by atoms with Gasteiger partial charge < -0.3 is 14.2 Å². The summed E-state index contributed by atoms with van der Waals surface area (Å²) in [5.41, 5.74) is 0.687. The van der Waals surface area contributed by atoms with Crippen LogP contribution >= 0.6 is 0 Å².